The Morgan fingerprint density at radius 2 is 2.00 bits per heavy atom. The molecule has 0 aliphatic heterocycles. The first-order valence-electron chi connectivity index (χ1n) is 7.18. The molecule has 0 bridgehead atoms. The molecule has 3 N–H and O–H groups in total. The van der Waals surface area contributed by atoms with Gasteiger partial charge in [-0.2, -0.15) is 5.26 Å². The van der Waals surface area contributed by atoms with Crippen molar-refractivity contribution in [1.29, 1.82) is 5.26 Å². The van der Waals surface area contributed by atoms with Gasteiger partial charge in [0.05, 0.1) is 5.69 Å². The predicted octanol–water partition coefficient (Wildman–Crippen LogP) is 3.71. The molecule has 0 fully saturated rings. The van der Waals surface area contributed by atoms with Gasteiger partial charge in [-0.15, -0.1) is 0 Å². The van der Waals surface area contributed by atoms with E-state index in [4.69, 9.17) is 16.9 Å². The van der Waals surface area contributed by atoms with Crippen molar-refractivity contribution in [2.75, 3.05) is 10.6 Å². The average molecular weight is 356 g/mol. The van der Waals surface area contributed by atoms with E-state index in [-0.39, 0.29) is 22.8 Å². The number of carbonyl (C=O) groups excluding carboxylic acids is 2. The largest absolute Gasteiger partial charge is 0.506 e. The number of amides is 1. The lowest BCUT2D eigenvalue weighted by Gasteiger charge is -2.07. The van der Waals surface area contributed by atoms with Gasteiger partial charge in [0.25, 0.3) is 5.91 Å². The average Bonchev–Trinajstić information content (AvgIpc) is 2.58. The zero-order valence-electron chi connectivity index (χ0n) is 13.2. The highest BCUT2D eigenvalue weighted by atomic mass is 35.5. The Hall–Kier alpha value is -3.30. The molecule has 7 heteroatoms. The summed E-state index contributed by atoms with van der Waals surface area (Å²) in [7, 11) is 0. The molecule has 0 aliphatic rings. The molecule has 0 spiro atoms. The van der Waals surface area contributed by atoms with E-state index in [1.807, 2.05) is 0 Å². The highest BCUT2D eigenvalue weighted by Crippen LogP contribution is 2.26. The number of benzene rings is 2. The summed E-state index contributed by atoms with van der Waals surface area (Å²) in [5.74, 6) is -0.866. The van der Waals surface area contributed by atoms with Crippen LogP contribution in [0.5, 0.6) is 5.75 Å². The number of nitriles is 1. The lowest BCUT2D eigenvalue weighted by Crippen LogP contribution is -2.14. The zero-order valence-corrected chi connectivity index (χ0v) is 14.0. The lowest BCUT2D eigenvalue weighted by atomic mass is 10.1. The molecule has 0 atom stereocenters. The first-order chi connectivity index (χ1) is 11.9. The van der Waals surface area contributed by atoms with Gasteiger partial charge in [-0.1, -0.05) is 23.7 Å². The Morgan fingerprint density at radius 3 is 2.68 bits per heavy atom. The SMILES string of the molecule is CC(=O)c1cccc(NC(=O)/C(C#N)=C\Nc2cc(Cl)ccc2O)c1. The van der Waals surface area contributed by atoms with E-state index in [0.717, 1.165) is 6.20 Å². The molecule has 0 aliphatic carbocycles. The van der Waals surface area contributed by atoms with Crippen LogP contribution in [0.3, 0.4) is 0 Å². The van der Waals surface area contributed by atoms with Crippen molar-refractivity contribution in [3.63, 3.8) is 0 Å². The fourth-order valence-corrected chi connectivity index (χ4v) is 2.11. The lowest BCUT2D eigenvalue weighted by molar-refractivity contribution is -0.112. The van der Waals surface area contributed by atoms with Crippen molar-refractivity contribution >= 4 is 34.7 Å². The van der Waals surface area contributed by atoms with Gasteiger partial charge in [0.1, 0.15) is 17.4 Å². The van der Waals surface area contributed by atoms with E-state index < -0.39 is 5.91 Å². The van der Waals surface area contributed by atoms with Crippen LogP contribution in [0.4, 0.5) is 11.4 Å². The van der Waals surface area contributed by atoms with Crippen molar-refractivity contribution < 1.29 is 14.7 Å². The quantitative estimate of drug-likeness (QED) is 0.328. The Kier molecular flexibility index (Phi) is 5.77. The molecule has 0 saturated carbocycles. The van der Waals surface area contributed by atoms with Gasteiger partial charge in [-0.3, -0.25) is 9.59 Å². The van der Waals surface area contributed by atoms with E-state index >= 15 is 0 Å². The van der Waals surface area contributed by atoms with Crippen LogP contribution >= 0.6 is 11.6 Å². The van der Waals surface area contributed by atoms with Crippen molar-refractivity contribution in [2.45, 2.75) is 6.92 Å². The maximum absolute atomic E-state index is 12.2. The third kappa shape index (κ3) is 4.83. The fraction of sp³-hybridized carbons (Fsp3) is 0.0556. The zero-order chi connectivity index (χ0) is 18.4. The van der Waals surface area contributed by atoms with Gasteiger partial charge in [0, 0.05) is 22.5 Å². The smallest absolute Gasteiger partial charge is 0.267 e. The van der Waals surface area contributed by atoms with E-state index in [1.165, 1.54) is 31.2 Å². The summed E-state index contributed by atoms with van der Waals surface area (Å²) in [6.07, 6.45) is 1.16. The Balaban J connectivity index is 2.15. The number of halogens is 1. The number of hydrogen-bond donors (Lipinski definition) is 3. The molecule has 0 radical (unpaired) electrons. The van der Waals surface area contributed by atoms with Gasteiger partial charge < -0.3 is 15.7 Å². The van der Waals surface area contributed by atoms with Crippen molar-refractivity contribution in [3.8, 4) is 11.8 Å². The van der Waals surface area contributed by atoms with Crippen LogP contribution in [0.25, 0.3) is 0 Å². The molecule has 25 heavy (non-hydrogen) atoms. The molecular formula is C18H14ClN3O3. The molecule has 0 unspecified atom stereocenters. The number of carbonyl (C=O) groups is 2. The Bertz CT molecular complexity index is 901. The fourth-order valence-electron chi connectivity index (χ4n) is 1.94. The number of hydrogen-bond acceptors (Lipinski definition) is 5. The van der Waals surface area contributed by atoms with Crippen LogP contribution in [0, 0.1) is 11.3 Å². The number of nitrogens with zero attached hydrogens (tertiary/aromatic N) is 1. The highest BCUT2D eigenvalue weighted by Gasteiger charge is 2.11. The minimum absolute atomic E-state index is 0.0764. The maximum Gasteiger partial charge on any atom is 0.267 e. The molecule has 1 amide bonds. The Labute approximate surface area is 149 Å². The minimum Gasteiger partial charge on any atom is -0.506 e. The molecule has 6 nitrogen and oxygen atoms in total. The summed E-state index contributed by atoms with van der Waals surface area (Å²) in [4.78, 5) is 23.6. The van der Waals surface area contributed by atoms with E-state index in [2.05, 4.69) is 10.6 Å². The van der Waals surface area contributed by atoms with Crippen LogP contribution < -0.4 is 10.6 Å². The first-order valence-corrected chi connectivity index (χ1v) is 7.56. The summed E-state index contributed by atoms with van der Waals surface area (Å²) < 4.78 is 0. The topological polar surface area (TPSA) is 102 Å². The van der Waals surface area contributed by atoms with Gasteiger partial charge >= 0.3 is 0 Å². The van der Waals surface area contributed by atoms with E-state index in [1.54, 1.807) is 24.3 Å². The molecular weight excluding hydrogens is 342 g/mol. The number of rotatable bonds is 5. The number of anilines is 2. The van der Waals surface area contributed by atoms with Crippen LogP contribution in [0.1, 0.15) is 17.3 Å². The third-order valence-corrected chi connectivity index (χ3v) is 3.46. The van der Waals surface area contributed by atoms with Crippen LogP contribution in [0.15, 0.2) is 54.2 Å². The summed E-state index contributed by atoms with van der Waals surface area (Å²) in [6, 6.07) is 12.5. The summed E-state index contributed by atoms with van der Waals surface area (Å²) in [5.41, 5.74) is 0.881. The molecule has 2 rings (SSSR count). The molecule has 2 aromatic carbocycles. The number of phenols is 1. The summed E-state index contributed by atoms with van der Waals surface area (Å²) >= 11 is 5.83. The monoisotopic (exact) mass is 355 g/mol. The normalized spacial score (nSPS) is 10.7. The second-order valence-electron chi connectivity index (χ2n) is 5.07. The third-order valence-electron chi connectivity index (χ3n) is 3.22. The molecule has 0 heterocycles. The second kappa shape index (κ2) is 7.99. The van der Waals surface area contributed by atoms with E-state index in [0.29, 0.717) is 16.3 Å². The minimum atomic E-state index is -0.655. The first kappa shape index (κ1) is 18.0. The van der Waals surface area contributed by atoms with Gasteiger partial charge in [0.2, 0.25) is 0 Å². The van der Waals surface area contributed by atoms with Crippen LogP contribution in [-0.4, -0.2) is 16.8 Å². The van der Waals surface area contributed by atoms with Crippen LogP contribution in [0.2, 0.25) is 5.02 Å². The van der Waals surface area contributed by atoms with Crippen molar-refractivity contribution in [2.24, 2.45) is 0 Å². The number of aromatic hydroxyl groups is 1. The van der Waals surface area contributed by atoms with Gasteiger partial charge in [0.15, 0.2) is 5.78 Å². The predicted molar refractivity (Wildman–Crippen MR) is 95.5 cm³/mol. The highest BCUT2D eigenvalue weighted by molar-refractivity contribution is 6.30. The molecule has 126 valence electrons. The second-order valence-corrected chi connectivity index (χ2v) is 5.50. The van der Waals surface area contributed by atoms with Crippen molar-refractivity contribution in [1.82, 2.24) is 0 Å². The number of phenolic OH excluding ortho intramolecular Hbond substituents is 1. The van der Waals surface area contributed by atoms with Gasteiger partial charge in [-0.25, -0.2) is 0 Å². The molecule has 0 saturated heterocycles. The summed E-state index contributed by atoms with van der Waals surface area (Å²) in [5, 5.41) is 24.5. The summed E-state index contributed by atoms with van der Waals surface area (Å²) in [6.45, 7) is 1.42. The standard InChI is InChI=1S/C18H14ClN3O3/c1-11(23)12-3-2-4-15(7-12)22-18(25)13(9-20)10-21-16-8-14(19)5-6-17(16)24/h2-8,10,21,24H,1H3,(H,22,25)/b13-10-. The van der Waals surface area contributed by atoms with E-state index in [9.17, 15) is 14.7 Å². The number of nitrogens with one attached hydrogen (secondary N) is 2. The Morgan fingerprint density at radius 1 is 1.24 bits per heavy atom. The van der Waals surface area contributed by atoms with Gasteiger partial charge in [-0.05, 0) is 37.3 Å². The molecule has 0 aromatic heterocycles. The van der Waals surface area contributed by atoms with Crippen LogP contribution in [-0.2, 0) is 4.79 Å². The number of ketones is 1. The van der Waals surface area contributed by atoms with Crippen molar-refractivity contribution in [3.05, 3.63) is 64.8 Å². The maximum atomic E-state index is 12.2. The number of Topliss-reactive ketones (excluding diaryl/α,β-unsaturated/α-hetero) is 1. The molecule has 2 aromatic rings.